The highest BCUT2D eigenvalue weighted by Gasteiger charge is 2.35. The molecule has 4 aromatic carbocycles. The maximum atomic E-state index is 14.3. The molecule has 1 aliphatic rings. The fourth-order valence-electron chi connectivity index (χ4n) is 5.52. The quantitative estimate of drug-likeness (QED) is 0.134. The molecule has 0 N–H and O–H groups in total. The van der Waals surface area contributed by atoms with Crippen molar-refractivity contribution < 1.29 is 23.7 Å². The molecule has 2 heterocycles. The van der Waals surface area contributed by atoms with Crippen molar-refractivity contribution in [1.29, 1.82) is 0 Å². The Labute approximate surface area is 297 Å². The molecule has 1 aliphatic heterocycles. The van der Waals surface area contributed by atoms with Crippen molar-refractivity contribution in [3.63, 3.8) is 0 Å². The zero-order chi connectivity index (χ0) is 34.5. The lowest BCUT2D eigenvalue weighted by Gasteiger charge is -2.26. The first-order chi connectivity index (χ1) is 23.8. The second-order valence-corrected chi connectivity index (χ2v) is 12.7. The highest BCUT2D eigenvalue weighted by atomic mass is 35.5. The van der Waals surface area contributed by atoms with Crippen LogP contribution in [-0.4, -0.2) is 30.9 Å². The Morgan fingerprint density at radius 1 is 0.939 bits per heavy atom. The van der Waals surface area contributed by atoms with Gasteiger partial charge in [0.2, 0.25) is 0 Å². The maximum Gasteiger partial charge on any atom is 0.338 e. The second-order valence-electron chi connectivity index (χ2n) is 10.9. The Morgan fingerprint density at radius 3 is 2.35 bits per heavy atom. The Morgan fingerprint density at radius 2 is 1.67 bits per heavy atom. The number of thiazole rings is 1. The van der Waals surface area contributed by atoms with Crippen molar-refractivity contribution in [2.24, 2.45) is 4.99 Å². The Hall–Kier alpha value is -4.83. The normalized spacial score (nSPS) is 14.2. The van der Waals surface area contributed by atoms with Crippen LogP contribution in [0.25, 0.3) is 11.8 Å². The summed E-state index contributed by atoms with van der Waals surface area (Å²) >= 11 is 13.9. The number of methoxy groups -OCH3 is 1. The summed E-state index contributed by atoms with van der Waals surface area (Å²) in [4.78, 5) is 33.4. The van der Waals surface area contributed by atoms with Gasteiger partial charge < -0.3 is 18.9 Å². The predicted octanol–water partition coefficient (Wildman–Crippen LogP) is 7.23. The fourth-order valence-corrected chi connectivity index (χ4v) is 6.92. The van der Waals surface area contributed by atoms with Gasteiger partial charge in [0.25, 0.3) is 5.56 Å². The summed E-state index contributed by atoms with van der Waals surface area (Å²) in [5, 5.41) is 0.948. The SMILES string of the molecule is CCOC(=O)C1=C(c2ccccc2)N=c2s/c(=C\c3cc(Cl)c(OCc4ccc(Cl)cc4)c(OC)c3)c(=O)n2[C@@H]1c1ccc(OCC)cc1. The van der Waals surface area contributed by atoms with E-state index in [4.69, 9.17) is 47.1 Å². The minimum atomic E-state index is -0.815. The molecule has 0 saturated carbocycles. The molecule has 0 radical (unpaired) electrons. The van der Waals surface area contributed by atoms with Crippen molar-refractivity contribution >= 4 is 52.3 Å². The van der Waals surface area contributed by atoms with Gasteiger partial charge in [-0.15, -0.1) is 0 Å². The van der Waals surface area contributed by atoms with Crippen LogP contribution in [0, 0.1) is 0 Å². The molecule has 11 heteroatoms. The molecule has 5 aromatic rings. The van der Waals surface area contributed by atoms with E-state index in [9.17, 15) is 9.59 Å². The van der Waals surface area contributed by atoms with E-state index >= 15 is 0 Å². The number of halogens is 2. The zero-order valence-electron chi connectivity index (χ0n) is 26.9. The largest absolute Gasteiger partial charge is 0.494 e. The van der Waals surface area contributed by atoms with Crippen LogP contribution < -0.4 is 29.1 Å². The summed E-state index contributed by atoms with van der Waals surface area (Å²) < 4.78 is 24.8. The van der Waals surface area contributed by atoms with E-state index in [0.29, 0.717) is 60.1 Å². The summed E-state index contributed by atoms with van der Waals surface area (Å²) in [6.45, 7) is 4.57. The van der Waals surface area contributed by atoms with Crippen LogP contribution in [0.3, 0.4) is 0 Å². The molecule has 49 heavy (non-hydrogen) atoms. The van der Waals surface area contributed by atoms with Gasteiger partial charge in [-0.1, -0.05) is 89.1 Å². The molecule has 1 atom stereocenters. The van der Waals surface area contributed by atoms with Gasteiger partial charge in [-0.05, 0) is 73.0 Å². The molecule has 0 unspecified atom stereocenters. The van der Waals surface area contributed by atoms with Crippen LogP contribution in [0.5, 0.6) is 17.2 Å². The lowest BCUT2D eigenvalue weighted by atomic mass is 9.93. The first-order valence-corrected chi connectivity index (χ1v) is 17.1. The van der Waals surface area contributed by atoms with Gasteiger partial charge >= 0.3 is 5.97 Å². The Kier molecular flexibility index (Phi) is 10.5. The smallest absolute Gasteiger partial charge is 0.338 e. The van der Waals surface area contributed by atoms with Crippen molar-refractivity contribution in [2.45, 2.75) is 26.5 Å². The van der Waals surface area contributed by atoms with E-state index in [1.165, 1.54) is 18.4 Å². The summed E-state index contributed by atoms with van der Waals surface area (Å²) in [6.07, 6.45) is 1.73. The number of ether oxygens (including phenoxy) is 4. The third-order valence-electron chi connectivity index (χ3n) is 7.73. The average Bonchev–Trinajstić information content (AvgIpc) is 3.42. The molecular weight excluding hydrogens is 683 g/mol. The van der Waals surface area contributed by atoms with Gasteiger partial charge in [-0.2, -0.15) is 0 Å². The van der Waals surface area contributed by atoms with Gasteiger partial charge in [0, 0.05) is 10.6 Å². The summed E-state index contributed by atoms with van der Waals surface area (Å²) in [5.41, 5.74) is 3.35. The van der Waals surface area contributed by atoms with Gasteiger partial charge in [-0.25, -0.2) is 9.79 Å². The van der Waals surface area contributed by atoms with Crippen LogP contribution in [0.1, 0.15) is 42.1 Å². The molecular formula is C38H32Cl2N2O6S. The average molecular weight is 716 g/mol. The van der Waals surface area contributed by atoms with E-state index in [2.05, 4.69) is 0 Å². The lowest BCUT2D eigenvalue weighted by molar-refractivity contribution is -0.138. The minimum Gasteiger partial charge on any atom is -0.494 e. The van der Waals surface area contributed by atoms with Crippen molar-refractivity contribution in [3.05, 3.63) is 149 Å². The number of aromatic nitrogens is 1. The van der Waals surface area contributed by atoms with E-state index in [-0.39, 0.29) is 24.3 Å². The van der Waals surface area contributed by atoms with E-state index in [0.717, 1.165) is 11.1 Å². The van der Waals surface area contributed by atoms with Crippen LogP contribution in [0.4, 0.5) is 0 Å². The highest BCUT2D eigenvalue weighted by molar-refractivity contribution is 7.07. The topological polar surface area (TPSA) is 88.4 Å². The number of hydrogen-bond donors (Lipinski definition) is 0. The third kappa shape index (κ3) is 7.29. The zero-order valence-corrected chi connectivity index (χ0v) is 29.3. The molecule has 0 bridgehead atoms. The van der Waals surface area contributed by atoms with Crippen LogP contribution >= 0.6 is 34.5 Å². The number of rotatable bonds is 11. The molecule has 0 aliphatic carbocycles. The molecule has 0 saturated heterocycles. The van der Waals surface area contributed by atoms with Crippen molar-refractivity contribution in [3.8, 4) is 17.2 Å². The maximum absolute atomic E-state index is 14.3. The van der Waals surface area contributed by atoms with Crippen LogP contribution in [-0.2, 0) is 16.1 Å². The molecule has 1 aromatic heterocycles. The number of benzene rings is 4. The number of carbonyl (C=O) groups excluding carboxylic acids is 1. The van der Waals surface area contributed by atoms with Gasteiger partial charge in [0.1, 0.15) is 12.4 Å². The van der Waals surface area contributed by atoms with E-state index in [1.807, 2.05) is 73.7 Å². The van der Waals surface area contributed by atoms with Crippen molar-refractivity contribution in [1.82, 2.24) is 4.57 Å². The van der Waals surface area contributed by atoms with E-state index in [1.54, 1.807) is 41.8 Å². The monoisotopic (exact) mass is 714 g/mol. The Balaban J connectivity index is 1.48. The van der Waals surface area contributed by atoms with Gasteiger partial charge in [-0.3, -0.25) is 9.36 Å². The van der Waals surface area contributed by atoms with E-state index < -0.39 is 12.0 Å². The first-order valence-electron chi connectivity index (χ1n) is 15.6. The number of fused-ring (bicyclic) bond motifs is 1. The molecule has 6 rings (SSSR count). The van der Waals surface area contributed by atoms with Gasteiger partial charge in [0.05, 0.1) is 47.2 Å². The molecule has 8 nitrogen and oxygen atoms in total. The third-order valence-corrected chi connectivity index (χ3v) is 9.24. The fraction of sp³-hybridized carbons (Fsp3) is 0.184. The first kappa shape index (κ1) is 34.0. The number of hydrogen-bond acceptors (Lipinski definition) is 8. The Bertz CT molecular complexity index is 2190. The number of esters is 1. The summed E-state index contributed by atoms with van der Waals surface area (Å²) in [6, 6.07) is 26.7. The predicted molar refractivity (Wildman–Crippen MR) is 192 cm³/mol. The lowest BCUT2D eigenvalue weighted by Crippen LogP contribution is -2.40. The molecule has 0 fully saturated rings. The number of carbonyl (C=O) groups is 1. The molecule has 250 valence electrons. The molecule has 0 spiro atoms. The number of nitrogens with zero attached hydrogens (tertiary/aromatic N) is 2. The van der Waals surface area contributed by atoms with Crippen molar-refractivity contribution in [2.75, 3.05) is 20.3 Å². The second kappa shape index (κ2) is 15.2. The van der Waals surface area contributed by atoms with Crippen LogP contribution in [0.2, 0.25) is 10.0 Å². The summed E-state index contributed by atoms with van der Waals surface area (Å²) in [5.74, 6) is 0.905. The van der Waals surface area contributed by atoms with Gasteiger partial charge in [0.15, 0.2) is 16.3 Å². The summed E-state index contributed by atoms with van der Waals surface area (Å²) in [7, 11) is 1.53. The standard InChI is InChI=1S/C38H32Cl2N2O6S/c1-4-46-28-17-13-26(14-18-28)34-32(37(44)47-5-2)33(25-9-7-6-8-10-25)41-38-42(34)36(43)31(49-38)21-24-19-29(40)35(30(20-24)45-3)48-22-23-11-15-27(39)16-12-23/h6-21,34H,4-5,22H2,1-3H3/b31-21-/t34-/m1/s1. The molecule has 0 amide bonds. The highest BCUT2D eigenvalue weighted by Crippen LogP contribution is 2.38. The minimum absolute atomic E-state index is 0.160. The van der Waals surface area contributed by atoms with Crippen LogP contribution in [0.15, 0.2) is 106 Å².